The van der Waals surface area contributed by atoms with Crippen molar-refractivity contribution in [3.05, 3.63) is 64.7 Å². The van der Waals surface area contributed by atoms with Crippen LogP contribution in [0.15, 0.2) is 42.5 Å². The summed E-state index contributed by atoms with van der Waals surface area (Å²) in [5, 5.41) is 2.17. The number of imide groups is 1. The molecule has 1 saturated heterocycles. The summed E-state index contributed by atoms with van der Waals surface area (Å²) in [4.78, 5) is 37.6. The third kappa shape index (κ3) is 3.74. The topological polar surface area (TPSA) is 75.7 Å². The van der Waals surface area contributed by atoms with Crippen molar-refractivity contribution in [2.24, 2.45) is 0 Å². The zero-order valence-electron chi connectivity index (χ0n) is 15.7. The monoisotopic (exact) mass is 418 g/mol. The van der Waals surface area contributed by atoms with Crippen LogP contribution in [0.3, 0.4) is 0 Å². The Kier molecular flexibility index (Phi) is 4.97. The molecule has 1 atom stereocenters. The Morgan fingerprint density at radius 1 is 1.10 bits per heavy atom. The largest absolute Gasteiger partial charge is 0.489 e. The molecule has 1 N–H and O–H groups in total. The lowest BCUT2D eigenvalue weighted by Crippen LogP contribution is -2.52. The first-order chi connectivity index (χ1) is 14.2. The van der Waals surface area contributed by atoms with Crippen LogP contribution in [0.1, 0.15) is 39.9 Å². The van der Waals surface area contributed by atoms with E-state index in [-0.39, 0.29) is 37.3 Å². The molecule has 6 nitrogen and oxygen atoms in total. The van der Waals surface area contributed by atoms with E-state index in [2.05, 4.69) is 5.32 Å². The lowest BCUT2D eigenvalue weighted by molar-refractivity contribution is -0.138. The predicted molar refractivity (Wildman–Crippen MR) is 98.3 cm³/mol. The van der Waals surface area contributed by atoms with Gasteiger partial charge in [0.1, 0.15) is 18.4 Å². The molecule has 3 amide bonds. The highest BCUT2D eigenvalue weighted by molar-refractivity contribution is 6.05. The molecule has 1 unspecified atom stereocenters. The number of piperidine rings is 1. The van der Waals surface area contributed by atoms with Gasteiger partial charge in [-0.05, 0) is 24.1 Å². The van der Waals surface area contributed by atoms with Gasteiger partial charge in [0.15, 0.2) is 0 Å². The van der Waals surface area contributed by atoms with Gasteiger partial charge >= 0.3 is 6.18 Å². The number of amides is 3. The smallest absolute Gasteiger partial charge is 0.416 e. The number of carbonyl (C=O) groups excluding carboxylic acids is 3. The lowest BCUT2D eigenvalue weighted by atomic mass is 10.0. The fraction of sp³-hybridized carbons (Fsp3) is 0.286. The summed E-state index contributed by atoms with van der Waals surface area (Å²) in [6.45, 7) is -0.0378. The van der Waals surface area contributed by atoms with Crippen LogP contribution in [0.25, 0.3) is 0 Å². The number of nitrogens with one attached hydrogen (secondary N) is 1. The average Bonchev–Trinajstić information content (AvgIpc) is 3.03. The molecular formula is C21H17F3N2O4. The van der Waals surface area contributed by atoms with Crippen molar-refractivity contribution in [2.45, 2.75) is 38.2 Å². The number of ether oxygens (including phenoxy) is 1. The minimum Gasteiger partial charge on any atom is -0.489 e. The van der Waals surface area contributed by atoms with Gasteiger partial charge in [-0.1, -0.05) is 30.3 Å². The van der Waals surface area contributed by atoms with E-state index in [1.807, 2.05) is 6.07 Å². The molecule has 4 rings (SSSR count). The second kappa shape index (κ2) is 7.47. The van der Waals surface area contributed by atoms with Gasteiger partial charge < -0.3 is 9.64 Å². The Morgan fingerprint density at radius 3 is 2.50 bits per heavy atom. The van der Waals surface area contributed by atoms with Crippen molar-refractivity contribution in [1.82, 2.24) is 10.2 Å². The van der Waals surface area contributed by atoms with Gasteiger partial charge in [-0.25, -0.2) is 0 Å². The Bertz CT molecular complexity index is 1020. The van der Waals surface area contributed by atoms with Crippen LogP contribution >= 0.6 is 0 Å². The maximum atomic E-state index is 13.4. The van der Waals surface area contributed by atoms with Gasteiger partial charge in [0, 0.05) is 17.5 Å². The highest BCUT2D eigenvalue weighted by atomic mass is 19.4. The predicted octanol–water partition coefficient (Wildman–Crippen LogP) is 3.05. The van der Waals surface area contributed by atoms with E-state index in [9.17, 15) is 27.6 Å². The van der Waals surface area contributed by atoms with Crippen LogP contribution in [0.5, 0.6) is 5.75 Å². The number of fused-ring (bicyclic) bond motifs is 1. The van der Waals surface area contributed by atoms with Crippen LogP contribution in [-0.4, -0.2) is 28.7 Å². The first-order valence-electron chi connectivity index (χ1n) is 9.29. The standard InChI is InChI=1S/C21H17F3N2O4/c22-21(23,24)13-8-14-15(17(9-13)30-11-12-4-2-1-3-5-12)10-26(20(14)29)16-6-7-18(27)25-19(16)28/h1-5,8-9,16H,6-7,10-11H2,(H,25,27,28). The van der Waals surface area contributed by atoms with E-state index < -0.39 is 35.5 Å². The molecule has 9 heteroatoms. The number of rotatable bonds is 4. The minimum absolute atomic E-state index is 0.0290. The van der Waals surface area contributed by atoms with Crippen molar-refractivity contribution in [3.63, 3.8) is 0 Å². The fourth-order valence-electron chi connectivity index (χ4n) is 3.66. The van der Waals surface area contributed by atoms with Crippen LogP contribution in [-0.2, 0) is 28.9 Å². The average molecular weight is 418 g/mol. The van der Waals surface area contributed by atoms with Gasteiger partial charge in [-0.3, -0.25) is 19.7 Å². The van der Waals surface area contributed by atoms with Crippen molar-refractivity contribution >= 4 is 17.7 Å². The first kappa shape index (κ1) is 19.9. The minimum atomic E-state index is -4.66. The number of hydrogen-bond donors (Lipinski definition) is 1. The van der Waals surface area contributed by atoms with Gasteiger partial charge in [0.25, 0.3) is 5.91 Å². The Hall–Kier alpha value is -3.36. The summed E-state index contributed by atoms with van der Waals surface area (Å²) in [5.74, 6) is -1.80. The molecule has 2 aliphatic rings. The molecule has 0 aliphatic carbocycles. The van der Waals surface area contributed by atoms with Crippen LogP contribution in [0.4, 0.5) is 13.2 Å². The number of alkyl halides is 3. The summed E-state index contributed by atoms with van der Waals surface area (Å²) >= 11 is 0. The molecule has 2 aromatic carbocycles. The normalized spacial score (nSPS) is 19.0. The Balaban J connectivity index is 1.67. The second-order valence-electron chi connectivity index (χ2n) is 7.17. The van der Waals surface area contributed by atoms with E-state index in [1.54, 1.807) is 24.3 Å². The first-order valence-corrected chi connectivity index (χ1v) is 9.29. The van der Waals surface area contributed by atoms with E-state index >= 15 is 0 Å². The van der Waals surface area contributed by atoms with E-state index in [1.165, 1.54) is 4.90 Å². The van der Waals surface area contributed by atoms with Crippen molar-refractivity contribution in [1.29, 1.82) is 0 Å². The highest BCUT2D eigenvalue weighted by Crippen LogP contribution is 2.40. The molecule has 0 bridgehead atoms. The molecule has 30 heavy (non-hydrogen) atoms. The number of hydrogen-bond acceptors (Lipinski definition) is 4. The van der Waals surface area contributed by atoms with Crippen molar-refractivity contribution < 1.29 is 32.3 Å². The number of halogens is 3. The molecular weight excluding hydrogens is 401 g/mol. The van der Waals surface area contributed by atoms with Crippen LogP contribution in [0.2, 0.25) is 0 Å². The summed E-state index contributed by atoms with van der Waals surface area (Å²) in [7, 11) is 0. The van der Waals surface area contributed by atoms with E-state index in [4.69, 9.17) is 4.74 Å². The van der Waals surface area contributed by atoms with E-state index in [0.29, 0.717) is 5.56 Å². The van der Waals surface area contributed by atoms with Crippen molar-refractivity contribution in [2.75, 3.05) is 0 Å². The summed E-state index contributed by atoms with van der Waals surface area (Å²) in [6.07, 6.45) is -4.49. The lowest BCUT2D eigenvalue weighted by Gasteiger charge is -2.29. The van der Waals surface area contributed by atoms with Gasteiger partial charge in [-0.2, -0.15) is 13.2 Å². The molecule has 1 fully saturated rings. The molecule has 0 spiro atoms. The zero-order valence-corrected chi connectivity index (χ0v) is 15.7. The third-order valence-electron chi connectivity index (χ3n) is 5.18. The number of carbonyl (C=O) groups is 3. The summed E-state index contributed by atoms with van der Waals surface area (Å²) < 4.78 is 45.9. The quantitative estimate of drug-likeness (QED) is 0.775. The van der Waals surface area contributed by atoms with Crippen LogP contribution in [0, 0.1) is 0 Å². The summed E-state index contributed by atoms with van der Waals surface area (Å²) in [5.41, 5.74) is -0.0796. The molecule has 2 aromatic rings. The maximum Gasteiger partial charge on any atom is 0.416 e. The van der Waals surface area contributed by atoms with Gasteiger partial charge in [0.05, 0.1) is 12.1 Å². The Morgan fingerprint density at radius 2 is 1.83 bits per heavy atom. The molecule has 156 valence electrons. The summed E-state index contributed by atoms with van der Waals surface area (Å²) in [6, 6.07) is 9.67. The molecule has 0 aromatic heterocycles. The highest BCUT2D eigenvalue weighted by Gasteiger charge is 2.42. The van der Waals surface area contributed by atoms with Gasteiger partial charge in [-0.15, -0.1) is 0 Å². The molecule has 2 aliphatic heterocycles. The van der Waals surface area contributed by atoms with E-state index in [0.717, 1.165) is 17.7 Å². The second-order valence-corrected chi connectivity index (χ2v) is 7.17. The molecule has 2 heterocycles. The fourth-order valence-corrected chi connectivity index (χ4v) is 3.66. The number of benzene rings is 2. The van der Waals surface area contributed by atoms with Gasteiger partial charge in [0.2, 0.25) is 11.8 Å². The SMILES string of the molecule is O=C1CCC(N2Cc3c(OCc4ccccc4)cc(C(F)(F)F)cc3C2=O)C(=O)N1. The molecule has 0 radical (unpaired) electrons. The molecule has 0 saturated carbocycles. The van der Waals surface area contributed by atoms with Crippen LogP contribution < -0.4 is 10.1 Å². The number of nitrogens with zero attached hydrogens (tertiary/aromatic N) is 1. The maximum absolute atomic E-state index is 13.4. The zero-order chi connectivity index (χ0) is 21.5. The Labute approximate surface area is 169 Å². The van der Waals surface area contributed by atoms with Crippen molar-refractivity contribution in [3.8, 4) is 5.75 Å². The third-order valence-corrected chi connectivity index (χ3v) is 5.18.